The molecular formula is C11H8ClFN2O5S. The van der Waals surface area contributed by atoms with Gasteiger partial charge in [0.15, 0.2) is 0 Å². The summed E-state index contributed by atoms with van der Waals surface area (Å²) in [5, 5.41) is 11.7. The molecule has 1 aromatic heterocycles. The van der Waals surface area contributed by atoms with Crippen LogP contribution in [-0.2, 0) is 16.6 Å². The number of carboxylic acids is 1. The number of halogens is 2. The lowest BCUT2D eigenvalue weighted by molar-refractivity contribution is 0.0696. The number of carboxylic acid groups (broad SMARTS) is 1. The van der Waals surface area contributed by atoms with E-state index in [1.54, 1.807) is 0 Å². The molecule has 2 N–H and O–H groups in total. The smallest absolute Gasteiger partial charge is 0.337 e. The summed E-state index contributed by atoms with van der Waals surface area (Å²) in [6.45, 7) is -0.189. The minimum atomic E-state index is -4.13. The Morgan fingerprint density at radius 3 is 2.76 bits per heavy atom. The summed E-state index contributed by atoms with van der Waals surface area (Å²) in [5.74, 6) is -2.68. The number of benzene rings is 1. The zero-order valence-corrected chi connectivity index (χ0v) is 11.8. The molecule has 1 aromatic carbocycles. The molecule has 2 rings (SSSR count). The summed E-state index contributed by atoms with van der Waals surface area (Å²) in [6.07, 6.45) is 1.26. The van der Waals surface area contributed by atoms with Gasteiger partial charge in [-0.25, -0.2) is 22.3 Å². The van der Waals surface area contributed by atoms with Crippen molar-refractivity contribution in [1.82, 2.24) is 9.88 Å². The van der Waals surface area contributed by atoms with Crippen LogP contribution in [0.3, 0.4) is 0 Å². The second-order valence-corrected chi connectivity index (χ2v) is 6.03. The number of nitrogens with one attached hydrogen (secondary N) is 1. The zero-order chi connectivity index (χ0) is 15.6. The van der Waals surface area contributed by atoms with Crippen molar-refractivity contribution >= 4 is 27.6 Å². The summed E-state index contributed by atoms with van der Waals surface area (Å²) < 4.78 is 44.2. The molecule has 0 saturated heterocycles. The lowest BCUT2D eigenvalue weighted by Gasteiger charge is -2.08. The van der Waals surface area contributed by atoms with E-state index < -0.39 is 37.3 Å². The first kappa shape index (κ1) is 15.4. The number of nitrogens with zero attached hydrogens (tertiary/aromatic N) is 1. The molecule has 1 heterocycles. The summed E-state index contributed by atoms with van der Waals surface area (Å²) >= 11 is 5.48. The normalized spacial score (nSPS) is 11.5. The molecule has 0 bridgehead atoms. The van der Waals surface area contributed by atoms with Gasteiger partial charge in [-0.1, -0.05) is 16.8 Å². The van der Waals surface area contributed by atoms with Gasteiger partial charge in [0.05, 0.1) is 27.7 Å². The van der Waals surface area contributed by atoms with Gasteiger partial charge in [0, 0.05) is 6.07 Å². The van der Waals surface area contributed by atoms with Crippen molar-refractivity contribution in [2.75, 3.05) is 0 Å². The second kappa shape index (κ2) is 5.80. The van der Waals surface area contributed by atoms with Gasteiger partial charge in [-0.05, 0) is 12.1 Å². The van der Waals surface area contributed by atoms with E-state index in [9.17, 15) is 17.6 Å². The first-order chi connectivity index (χ1) is 9.81. The van der Waals surface area contributed by atoms with Gasteiger partial charge in [0.25, 0.3) is 0 Å². The number of hydrogen-bond acceptors (Lipinski definition) is 5. The molecule has 0 unspecified atom stereocenters. The van der Waals surface area contributed by atoms with E-state index in [1.807, 2.05) is 0 Å². The maximum Gasteiger partial charge on any atom is 0.337 e. The highest BCUT2D eigenvalue weighted by atomic mass is 35.5. The molecule has 21 heavy (non-hydrogen) atoms. The fourth-order valence-corrected chi connectivity index (χ4v) is 2.68. The van der Waals surface area contributed by atoms with Crippen LogP contribution in [0.2, 0.25) is 5.02 Å². The van der Waals surface area contributed by atoms with Crippen molar-refractivity contribution in [3.63, 3.8) is 0 Å². The summed E-state index contributed by atoms with van der Waals surface area (Å²) in [5.41, 5.74) is -0.329. The van der Waals surface area contributed by atoms with Gasteiger partial charge < -0.3 is 9.63 Å². The monoisotopic (exact) mass is 334 g/mol. The number of aromatic carboxylic acids is 1. The molecule has 0 aliphatic heterocycles. The predicted molar refractivity (Wildman–Crippen MR) is 68.9 cm³/mol. The Kier molecular flexibility index (Phi) is 4.26. The molecule has 112 valence electrons. The Balaban J connectivity index is 2.33. The van der Waals surface area contributed by atoms with Gasteiger partial charge in [-0.3, -0.25) is 0 Å². The maximum atomic E-state index is 13.5. The molecule has 10 heteroatoms. The highest BCUT2D eigenvalue weighted by molar-refractivity contribution is 7.89. The molecule has 0 radical (unpaired) electrons. The van der Waals surface area contributed by atoms with E-state index in [2.05, 4.69) is 14.4 Å². The highest BCUT2D eigenvalue weighted by Crippen LogP contribution is 2.24. The number of carbonyl (C=O) groups is 1. The van der Waals surface area contributed by atoms with E-state index in [1.165, 1.54) is 12.3 Å². The van der Waals surface area contributed by atoms with Crippen LogP contribution in [0.15, 0.2) is 33.9 Å². The Hall–Kier alpha value is -1.97. The Morgan fingerprint density at radius 1 is 1.48 bits per heavy atom. The number of sulfonamides is 1. The zero-order valence-electron chi connectivity index (χ0n) is 10.2. The molecule has 0 aliphatic rings. The first-order valence-corrected chi connectivity index (χ1v) is 7.28. The van der Waals surface area contributed by atoms with E-state index in [0.717, 1.165) is 6.07 Å². The first-order valence-electron chi connectivity index (χ1n) is 5.42. The summed E-state index contributed by atoms with van der Waals surface area (Å²) in [4.78, 5) is 10.4. The molecule has 7 nitrogen and oxygen atoms in total. The van der Waals surface area contributed by atoms with Crippen LogP contribution >= 0.6 is 11.6 Å². The molecular weight excluding hydrogens is 327 g/mol. The molecule has 0 spiro atoms. The van der Waals surface area contributed by atoms with Crippen molar-refractivity contribution < 1.29 is 27.2 Å². The van der Waals surface area contributed by atoms with E-state index in [4.69, 9.17) is 16.7 Å². The van der Waals surface area contributed by atoms with Crippen LogP contribution in [0.25, 0.3) is 0 Å². The van der Waals surface area contributed by atoms with E-state index >= 15 is 0 Å². The topological polar surface area (TPSA) is 110 Å². The highest BCUT2D eigenvalue weighted by Gasteiger charge is 2.22. The largest absolute Gasteiger partial charge is 0.478 e. The van der Waals surface area contributed by atoms with Crippen molar-refractivity contribution in [2.24, 2.45) is 0 Å². The molecule has 0 saturated carbocycles. The van der Waals surface area contributed by atoms with Crippen molar-refractivity contribution in [2.45, 2.75) is 11.4 Å². The average molecular weight is 335 g/mol. The van der Waals surface area contributed by atoms with Crippen molar-refractivity contribution in [3.8, 4) is 0 Å². The SMILES string of the molecule is O=C(O)c1cc(S(=O)(=O)NCc2ccon2)cc(F)c1Cl. The summed E-state index contributed by atoms with van der Waals surface area (Å²) in [7, 11) is -4.13. The van der Waals surface area contributed by atoms with E-state index in [0.29, 0.717) is 11.8 Å². The molecule has 0 amide bonds. The van der Waals surface area contributed by atoms with Crippen LogP contribution in [0, 0.1) is 5.82 Å². The Labute approximate surface area is 123 Å². The van der Waals surface area contributed by atoms with Crippen LogP contribution in [0.5, 0.6) is 0 Å². The number of rotatable bonds is 5. The van der Waals surface area contributed by atoms with Crippen molar-refractivity contribution in [3.05, 3.63) is 46.6 Å². The van der Waals surface area contributed by atoms with Gasteiger partial charge in [-0.2, -0.15) is 0 Å². The lowest BCUT2D eigenvalue weighted by atomic mass is 10.2. The minimum Gasteiger partial charge on any atom is -0.478 e. The minimum absolute atomic E-state index is 0.189. The average Bonchev–Trinajstić information content (AvgIpc) is 2.92. The third-order valence-corrected chi connectivity index (χ3v) is 4.24. The van der Waals surface area contributed by atoms with Gasteiger partial charge in [-0.15, -0.1) is 0 Å². The fourth-order valence-electron chi connectivity index (χ4n) is 1.46. The number of aromatic nitrogens is 1. The quantitative estimate of drug-likeness (QED) is 0.860. The van der Waals surface area contributed by atoms with Crippen LogP contribution < -0.4 is 4.72 Å². The molecule has 2 aromatic rings. The third-order valence-electron chi connectivity index (χ3n) is 2.48. The van der Waals surface area contributed by atoms with Crippen LogP contribution in [0.4, 0.5) is 4.39 Å². The number of hydrogen-bond donors (Lipinski definition) is 2. The lowest BCUT2D eigenvalue weighted by Crippen LogP contribution is -2.24. The standard InChI is InChI=1S/C11H8ClFN2O5S/c12-10-8(11(16)17)3-7(4-9(10)13)21(18,19)14-5-6-1-2-20-15-6/h1-4,14H,5H2,(H,16,17). The van der Waals surface area contributed by atoms with Crippen LogP contribution in [-0.4, -0.2) is 24.7 Å². The Morgan fingerprint density at radius 2 is 2.19 bits per heavy atom. The Bertz CT molecular complexity index is 776. The second-order valence-electron chi connectivity index (χ2n) is 3.89. The van der Waals surface area contributed by atoms with Crippen molar-refractivity contribution in [1.29, 1.82) is 0 Å². The van der Waals surface area contributed by atoms with Gasteiger partial charge >= 0.3 is 5.97 Å². The van der Waals surface area contributed by atoms with Gasteiger partial charge in [0.1, 0.15) is 12.1 Å². The third kappa shape index (κ3) is 3.38. The fraction of sp³-hybridized carbons (Fsp3) is 0.0909. The maximum absolute atomic E-state index is 13.5. The molecule has 0 aliphatic carbocycles. The molecule has 0 fully saturated rings. The predicted octanol–water partition coefficient (Wildman–Crippen LogP) is 1.64. The molecule has 0 atom stereocenters. The van der Waals surface area contributed by atoms with E-state index in [-0.39, 0.29) is 6.54 Å². The van der Waals surface area contributed by atoms with Gasteiger partial charge in [0.2, 0.25) is 10.0 Å². The summed E-state index contributed by atoms with van der Waals surface area (Å²) in [6, 6.07) is 2.85. The van der Waals surface area contributed by atoms with Crippen LogP contribution in [0.1, 0.15) is 16.1 Å².